The summed E-state index contributed by atoms with van der Waals surface area (Å²) in [4.78, 5) is 0. The SMILES string of the molecule is O=S1(=O)C[C@@H](O)[C@@H](NCCNCc2ccccc2)C1. The molecule has 5 nitrogen and oxygen atoms in total. The van der Waals surface area contributed by atoms with E-state index >= 15 is 0 Å². The minimum Gasteiger partial charge on any atom is -0.390 e. The highest BCUT2D eigenvalue weighted by molar-refractivity contribution is 7.91. The van der Waals surface area contributed by atoms with Gasteiger partial charge in [0.05, 0.1) is 17.6 Å². The molecule has 1 heterocycles. The summed E-state index contributed by atoms with van der Waals surface area (Å²) in [6.45, 7) is 2.16. The second-order valence-electron chi connectivity index (χ2n) is 4.87. The molecule has 1 fully saturated rings. The van der Waals surface area contributed by atoms with Crippen LogP contribution in [-0.2, 0) is 16.4 Å². The van der Waals surface area contributed by atoms with Crippen LogP contribution in [-0.4, -0.2) is 50.3 Å². The zero-order valence-corrected chi connectivity index (χ0v) is 11.6. The molecule has 1 saturated heterocycles. The van der Waals surface area contributed by atoms with Crippen LogP contribution in [0.2, 0.25) is 0 Å². The molecule has 0 spiro atoms. The van der Waals surface area contributed by atoms with Gasteiger partial charge < -0.3 is 15.7 Å². The Balaban J connectivity index is 1.63. The van der Waals surface area contributed by atoms with E-state index in [2.05, 4.69) is 10.6 Å². The third-order valence-electron chi connectivity index (χ3n) is 3.20. The van der Waals surface area contributed by atoms with Crippen molar-refractivity contribution in [1.82, 2.24) is 10.6 Å². The number of aliphatic hydroxyl groups excluding tert-OH is 1. The Morgan fingerprint density at radius 1 is 1.16 bits per heavy atom. The number of hydrogen-bond donors (Lipinski definition) is 3. The van der Waals surface area contributed by atoms with Gasteiger partial charge in [0, 0.05) is 25.7 Å². The molecule has 19 heavy (non-hydrogen) atoms. The number of nitrogens with one attached hydrogen (secondary N) is 2. The van der Waals surface area contributed by atoms with Crippen molar-refractivity contribution >= 4 is 9.84 Å². The van der Waals surface area contributed by atoms with Crippen molar-refractivity contribution in [1.29, 1.82) is 0 Å². The molecule has 6 heteroatoms. The highest BCUT2D eigenvalue weighted by atomic mass is 32.2. The maximum absolute atomic E-state index is 11.3. The van der Waals surface area contributed by atoms with Crippen molar-refractivity contribution in [2.24, 2.45) is 0 Å². The highest BCUT2D eigenvalue weighted by Gasteiger charge is 2.35. The topological polar surface area (TPSA) is 78.4 Å². The average Bonchev–Trinajstić information content (AvgIpc) is 2.63. The van der Waals surface area contributed by atoms with Crippen molar-refractivity contribution in [3.63, 3.8) is 0 Å². The van der Waals surface area contributed by atoms with Gasteiger partial charge in [-0.1, -0.05) is 30.3 Å². The Labute approximate surface area is 113 Å². The predicted octanol–water partition coefficient (Wildman–Crippen LogP) is -0.476. The molecular formula is C13H20N2O3S. The Morgan fingerprint density at radius 2 is 1.89 bits per heavy atom. The van der Waals surface area contributed by atoms with Gasteiger partial charge in [-0.2, -0.15) is 0 Å². The van der Waals surface area contributed by atoms with Crippen LogP contribution in [0.4, 0.5) is 0 Å². The second kappa shape index (κ2) is 6.47. The van der Waals surface area contributed by atoms with Crippen LogP contribution in [0, 0.1) is 0 Å². The van der Waals surface area contributed by atoms with E-state index in [1.807, 2.05) is 30.3 Å². The first-order valence-electron chi connectivity index (χ1n) is 6.43. The summed E-state index contributed by atoms with van der Waals surface area (Å²) in [7, 11) is -3.06. The van der Waals surface area contributed by atoms with Crippen LogP contribution in [0.15, 0.2) is 30.3 Å². The first-order chi connectivity index (χ1) is 9.07. The molecule has 106 valence electrons. The van der Waals surface area contributed by atoms with Crippen molar-refractivity contribution < 1.29 is 13.5 Å². The maximum Gasteiger partial charge on any atom is 0.154 e. The largest absolute Gasteiger partial charge is 0.390 e. The van der Waals surface area contributed by atoms with Gasteiger partial charge in [-0.15, -0.1) is 0 Å². The first kappa shape index (κ1) is 14.5. The van der Waals surface area contributed by atoms with Gasteiger partial charge in [0.15, 0.2) is 9.84 Å². The minimum atomic E-state index is -3.06. The zero-order valence-electron chi connectivity index (χ0n) is 10.7. The standard InChI is InChI=1S/C13H20N2O3S/c16-13-10-19(17,18)9-12(13)15-7-6-14-8-11-4-2-1-3-5-11/h1-5,12-16H,6-10H2/t12-,13+/m0/s1. The van der Waals surface area contributed by atoms with E-state index in [0.717, 1.165) is 13.1 Å². The lowest BCUT2D eigenvalue weighted by atomic mass is 10.2. The number of rotatable bonds is 6. The quantitative estimate of drug-likeness (QED) is 0.615. The van der Waals surface area contributed by atoms with Crippen molar-refractivity contribution in [2.75, 3.05) is 24.6 Å². The third kappa shape index (κ3) is 4.58. The average molecular weight is 284 g/mol. The number of benzene rings is 1. The van der Waals surface area contributed by atoms with Crippen LogP contribution in [0.3, 0.4) is 0 Å². The zero-order chi connectivity index (χ0) is 13.7. The molecule has 0 saturated carbocycles. The fourth-order valence-electron chi connectivity index (χ4n) is 2.20. The molecule has 1 aromatic rings. The summed E-state index contributed by atoms with van der Waals surface area (Å²) in [6, 6.07) is 9.74. The lowest BCUT2D eigenvalue weighted by molar-refractivity contribution is 0.166. The summed E-state index contributed by atoms with van der Waals surface area (Å²) in [5, 5.41) is 15.9. The molecule has 2 rings (SSSR count). The fourth-order valence-corrected chi connectivity index (χ4v) is 3.97. The molecule has 3 N–H and O–H groups in total. The molecule has 0 aromatic heterocycles. The van der Waals surface area contributed by atoms with Gasteiger partial charge in [-0.05, 0) is 5.56 Å². The maximum atomic E-state index is 11.3. The monoisotopic (exact) mass is 284 g/mol. The van der Waals surface area contributed by atoms with Gasteiger partial charge >= 0.3 is 0 Å². The fraction of sp³-hybridized carbons (Fsp3) is 0.538. The molecule has 0 aliphatic carbocycles. The summed E-state index contributed by atoms with van der Waals surface area (Å²) in [5.41, 5.74) is 1.21. The molecule has 0 radical (unpaired) electrons. The van der Waals surface area contributed by atoms with E-state index in [0.29, 0.717) is 6.54 Å². The third-order valence-corrected chi connectivity index (χ3v) is 4.92. The Hall–Kier alpha value is -0.950. The van der Waals surface area contributed by atoms with E-state index in [4.69, 9.17) is 0 Å². The highest BCUT2D eigenvalue weighted by Crippen LogP contribution is 2.11. The van der Waals surface area contributed by atoms with Gasteiger partial charge in [-0.25, -0.2) is 8.42 Å². The van der Waals surface area contributed by atoms with Crippen molar-refractivity contribution in [3.05, 3.63) is 35.9 Å². The molecular weight excluding hydrogens is 264 g/mol. The van der Waals surface area contributed by atoms with Gasteiger partial charge in [-0.3, -0.25) is 0 Å². The van der Waals surface area contributed by atoms with E-state index in [-0.39, 0.29) is 17.5 Å². The van der Waals surface area contributed by atoms with Crippen LogP contribution in [0.5, 0.6) is 0 Å². The van der Waals surface area contributed by atoms with Gasteiger partial charge in [0.25, 0.3) is 0 Å². The lowest BCUT2D eigenvalue weighted by Crippen LogP contribution is -2.42. The van der Waals surface area contributed by atoms with E-state index in [1.165, 1.54) is 5.56 Å². The summed E-state index contributed by atoms with van der Waals surface area (Å²) in [5.74, 6) is -0.0883. The Bertz CT molecular complexity index is 490. The lowest BCUT2D eigenvalue weighted by Gasteiger charge is -2.15. The number of aliphatic hydroxyl groups is 1. The molecule has 0 amide bonds. The molecule has 0 bridgehead atoms. The van der Waals surface area contributed by atoms with Crippen molar-refractivity contribution in [3.8, 4) is 0 Å². The van der Waals surface area contributed by atoms with Crippen molar-refractivity contribution in [2.45, 2.75) is 18.7 Å². The van der Waals surface area contributed by atoms with E-state index in [9.17, 15) is 13.5 Å². The molecule has 1 aliphatic heterocycles. The van der Waals surface area contributed by atoms with Crippen LogP contribution in [0.1, 0.15) is 5.56 Å². The Morgan fingerprint density at radius 3 is 2.53 bits per heavy atom. The molecule has 0 unspecified atom stereocenters. The van der Waals surface area contributed by atoms with Gasteiger partial charge in [0.2, 0.25) is 0 Å². The van der Waals surface area contributed by atoms with E-state index < -0.39 is 15.9 Å². The second-order valence-corrected chi connectivity index (χ2v) is 7.02. The minimum absolute atomic E-state index is 0.0346. The summed E-state index contributed by atoms with van der Waals surface area (Å²) in [6.07, 6.45) is -0.779. The summed E-state index contributed by atoms with van der Waals surface area (Å²) < 4.78 is 22.6. The van der Waals surface area contributed by atoms with Crippen LogP contribution >= 0.6 is 0 Å². The van der Waals surface area contributed by atoms with Crippen LogP contribution in [0.25, 0.3) is 0 Å². The van der Waals surface area contributed by atoms with Gasteiger partial charge in [0.1, 0.15) is 0 Å². The predicted molar refractivity (Wildman–Crippen MR) is 74.6 cm³/mol. The molecule has 1 aliphatic rings. The molecule has 1 aromatic carbocycles. The number of sulfone groups is 1. The smallest absolute Gasteiger partial charge is 0.154 e. The summed E-state index contributed by atoms with van der Waals surface area (Å²) >= 11 is 0. The normalized spacial score (nSPS) is 25.5. The Kier molecular flexibility index (Phi) is 4.93. The number of hydrogen-bond acceptors (Lipinski definition) is 5. The van der Waals surface area contributed by atoms with E-state index in [1.54, 1.807) is 0 Å². The van der Waals surface area contributed by atoms with Crippen LogP contribution < -0.4 is 10.6 Å². The molecule has 2 atom stereocenters. The first-order valence-corrected chi connectivity index (χ1v) is 8.25.